The SMILES string of the molecule is CCCCCCCCS(=O)(=O)Nc1ccc(-c2ccccc2)cc1C(=O)C(=O)NCCCN(C)C. The van der Waals surface area contributed by atoms with Crippen LogP contribution in [0.5, 0.6) is 0 Å². The van der Waals surface area contributed by atoms with E-state index < -0.39 is 21.7 Å². The number of ketones is 1. The molecule has 0 aliphatic rings. The summed E-state index contributed by atoms with van der Waals surface area (Å²) in [5.41, 5.74) is 1.77. The zero-order valence-corrected chi connectivity index (χ0v) is 22.0. The van der Waals surface area contributed by atoms with Crippen LogP contribution in [-0.4, -0.2) is 57.9 Å². The molecule has 0 atom stereocenters. The van der Waals surface area contributed by atoms with Crippen LogP contribution in [0.4, 0.5) is 5.69 Å². The first-order valence-electron chi connectivity index (χ1n) is 12.4. The molecule has 0 heterocycles. The third kappa shape index (κ3) is 10.2. The van der Waals surface area contributed by atoms with E-state index in [1.165, 1.54) is 0 Å². The van der Waals surface area contributed by atoms with Gasteiger partial charge in [-0.3, -0.25) is 14.3 Å². The Morgan fingerprint density at radius 3 is 2.23 bits per heavy atom. The Kier molecular flexibility index (Phi) is 11.9. The first-order valence-corrected chi connectivity index (χ1v) is 14.1. The summed E-state index contributed by atoms with van der Waals surface area (Å²) >= 11 is 0. The van der Waals surface area contributed by atoms with Gasteiger partial charge in [-0.25, -0.2) is 8.42 Å². The van der Waals surface area contributed by atoms with Crippen molar-refractivity contribution in [2.45, 2.75) is 51.9 Å². The van der Waals surface area contributed by atoms with Crippen molar-refractivity contribution in [2.75, 3.05) is 37.7 Å². The van der Waals surface area contributed by atoms with E-state index in [2.05, 4.69) is 17.0 Å². The number of unbranched alkanes of at least 4 members (excludes halogenated alkanes) is 5. The molecule has 0 aliphatic heterocycles. The van der Waals surface area contributed by atoms with Crippen molar-refractivity contribution >= 4 is 27.4 Å². The minimum atomic E-state index is -3.66. The number of hydrogen-bond acceptors (Lipinski definition) is 5. The number of anilines is 1. The monoisotopic (exact) mass is 501 g/mol. The topological polar surface area (TPSA) is 95.6 Å². The van der Waals surface area contributed by atoms with Crippen LogP contribution in [0.2, 0.25) is 0 Å². The summed E-state index contributed by atoms with van der Waals surface area (Å²) in [5, 5.41) is 2.65. The highest BCUT2D eigenvalue weighted by Crippen LogP contribution is 2.27. The number of carbonyl (C=O) groups excluding carboxylic acids is 2. The summed E-state index contributed by atoms with van der Waals surface area (Å²) in [7, 11) is 0.216. The van der Waals surface area contributed by atoms with Crippen LogP contribution in [0.25, 0.3) is 11.1 Å². The lowest BCUT2D eigenvalue weighted by Gasteiger charge is -2.14. The molecule has 0 radical (unpaired) electrons. The molecule has 0 bridgehead atoms. The van der Waals surface area contributed by atoms with Gasteiger partial charge < -0.3 is 10.2 Å². The van der Waals surface area contributed by atoms with Gasteiger partial charge in [-0.15, -0.1) is 0 Å². The van der Waals surface area contributed by atoms with Crippen molar-refractivity contribution in [1.29, 1.82) is 0 Å². The highest BCUT2D eigenvalue weighted by molar-refractivity contribution is 7.92. The van der Waals surface area contributed by atoms with Gasteiger partial charge in [0.2, 0.25) is 10.0 Å². The highest BCUT2D eigenvalue weighted by Gasteiger charge is 2.23. The lowest BCUT2D eigenvalue weighted by Crippen LogP contribution is -2.33. The standard InChI is InChI=1S/C27H39N3O4S/c1-4-5-6-7-8-12-20-35(33,34)29-25-17-16-23(22-14-10-9-11-15-22)21-24(25)26(31)27(32)28-18-13-19-30(2)3/h9-11,14-17,21,29H,4-8,12-13,18-20H2,1-3H3,(H,28,32). The lowest BCUT2D eigenvalue weighted by atomic mass is 9.99. The fourth-order valence-corrected chi connectivity index (χ4v) is 4.92. The Labute approximate surface area is 210 Å². The van der Waals surface area contributed by atoms with Gasteiger partial charge in [0.1, 0.15) is 0 Å². The van der Waals surface area contributed by atoms with Crippen LogP contribution in [0, 0.1) is 0 Å². The summed E-state index contributed by atoms with van der Waals surface area (Å²) in [5.74, 6) is -1.53. The second-order valence-corrected chi connectivity index (χ2v) is 10.9. The number of benzene rings is 2. The summed E-state index contributed by atoms with van der Waals surface area (Å²) in [6, 6.07) is 14.3. The molecule has 2 rings (SSSR count). The predicted molar refractivity (Wildman–Crippen MR) is 143 cm³/mol. The van der Waals surface area contributed by atoms with E-state index in [9.17, 15) is 18.0 Å². The molecule has 0 saturated carbocycles. The van der Waals surface area contributed by atoms with Crippen LogP contribution >= 0.6 is 0 Å². The maximum atomic E-state index is 13.1. The number of nitrogens with one attached hydrogen (secondary N) is 2. The fraction of sp³-hybridized carbons (Fsp3) is 0.481. The smallest absolute Gasteiger partial charge is 0.292 e. The molecule has 0 aromatic heterocycles. The van der Waals surface area contributed by atoms with Gasteiger partial charge in [-0.2, -0.15) is 0 Å². The molecule has 0 fully saturated rings. The van der Waals surface area contributed by atoms with Crippen molar-refractivity contribution in [3.8, 4) is 11.1 Å². The average molecular weight is 502 g/mol. The molecule has 0 unspecified atom stereocenters. The molecule has 0 saturated heterocycles. The Morgan fingerprint density at radius 2 is 1.54 bits per heavy atom. The van der Waals surface area contributed by atoms with Gasteiger partial charge in [-0.1, -0.05) is 75.4 Å². The summed E-state index contributed by atoms with van der Waals surface area (Å²) in [6.45, 7) is 3.28. The molecule has 8 heteroatoms. The molecule has 192 valence electrons. The molecule has 7 nitrogen and oxygen atoms in total. The Balaban J connectivity index is 2.18. The Morgan fingerprint density at radius 1 is 0.857 bits per heavy atom. The quantitative estimate of drug-likeness (QED) is 0.197. The summed E-state index contributed by atoms with van der Waals surface area (Å²) in [6.07, 6.45) is 6.50. The minimum Gasteiger partial charge on any atom is -0.349 e. The van der Waals surface area contributed by atoms with E-state index in [-0.39, 0.29) is 17.0 Å². The van der Waals surface area contributed by atoms with Gasteiger partial charge in [0.15, 0.2) is 0 Å². The molecule has 35 heavy (non-hydrogen) atoms. The lowest BCUT2D eigenvalue weighted by molar-refractivity contribution is -0.117. The molecular weight excluding hydrogens is 462 g/mol. The van der Waals surface area contributed by atoms with E-state index in [1.54, 1.807) is 18.2 Å². The zero-order chi connectivity index (χ0) is 25.7. The summed E-state index contributed by atoms with van der Waals surface area (Å²) < 4.78 is 28.0. The predicted octanol–water partition coefficient (Wildman–Crippen LogP) is 4.71. The second kappa shape index (κ2) is 14.6. The first-order chi connectivity index (χ1) is 16.7. The van der Waals surface area contributed by atoms with E-state index >= 15 is 0 Å². The number of carbonyl (C=O) groups is 2. The molecule has 2 aromatic rings. The third-order valence-corrected chi connectivity index (χ3v) is 7.03. The molecule has 2 aromatic carbocycles. The van der Waals surface area contributed by atoms with Crippen molar-refractivity contribution in [1.82, 2.24) is 10.2 Å². The van der Waals surface area contributed by atoms with Gasteiger partial charge >= 0.3 is 0 Å². The Bertz CT molecular complexity index is 1050. The number of rotatable bonds is 16. The second-order valence-electron chi connectivity index (χ2n) is 9.06. The van der Waals surface area contributed by atoms with Crippen LogP contribution in [0.15, 0.2) is 48.5 Å². The van der Waals surface area contributed by atoms with Gasteiger partial charge in [0.25, 0.3) is 11.7 Å². The Hall–Kier alpha value is -2.71. The molecule has 2 N–H and O–H groups in total. The molecule has 1 amide bonds. The molecular formula is C27H39N3O4S. The van der Waals surface area contributed by atoms with Crippen LogP contribution in [0.1, 0.15) is 62.2 Å². The molecule has 0 spiro atoms. The highest BCUT2D eigenvalue weighted by atomic mass is 32.2. The van der Waals surface area contributed by atoms with Crippen molar-refractivity contribution in [3.05, 3.63) is 54.1 Å². The van der Waals surface area contributed by atoms with E-state index in [4.69, 9.17) is 0 Å². The van der Waals surface area contributed by atoms with Crippen LogP contribution < -0.4 is 10.0 Å². The van der Waals surface area contributed by atoms with Gasteiger partial charge in [0, 0.05) is 6.54 Å². The summed E-state index contributed by atoms with van der Waals surface area (Å²) in [4.78, 5) is 27.7. The van der Waals surface area contributed by atoms with E-state index in [1.807, 2.05) is 49.3 Å². The zero-order valence-electron chi connectivity index (χ0n) is 21.2. The maximum Gasteiger partial charge on any atom is 0.292 e. The van der Waals surface area contributed by atoms with E-state index in [0.717, 1.165) is 49.8 Å². The molecule has 0 aliphatic carbocycles. The van der Waals surface area contributed by atoms with Crippen molar-refractivity contribution < 1.29 is 18.0 Å². The fourth-order valence-electron chi connectivity index (χ4n) is 3.72. The number of Topliss-reactive ketones (excluding diaryl/α,β-unsaturated/α-hetero) is 1. The van der Waals surface area contributed by atoms with Crippen molar-refractivity contribution in [2.24, 2.45) is 0 Å². The van der Waals surface area contributed by atoms with Gasteiger partial charge in [0.05, 0.1) is 17.0 Å². The first kappa shape index (κ1) is 28.5. The number of nitrogens with zero attached hydrogens (tertiary/aromatic N) is 1. The number of sulfonamides is 1. The van der Waals surface area contributed by atoms with E-state index in [0.29, 0.717) is 19.4 Å². The normalized spacial score (nSPS) is 11.4. The van der Waals surface area contributed by atoms with Gasteiger partial charge in [-0.05, 0) is 56.7 Å². The number of amides is 1. The minimum absolute atomic E-state index is 0.0239. The number of hydrogen-bond donors (Lipinski definition) is 2. The van der Waals surface area contributed by atoms with Crippen LogP contribution in [0.3, 0.4) is 0 Å². The average Bonchev–Trinajstić information content (AvgIpc) is 2.84. The van der Waals surface area contributed by atoms with Crippen LogP contribution in [-0.2, 0) is 14.8 Å². The van der Waals surface area contributed by atoms with Crippen molar-refractivity contribution in [3.63, 3.8) is 0 Å². The third-order valence-electron chi connectivity index (χ3n) is 5.68. The maximum absolute atomic E-state index is 13.1. The largest absolute Gasteiger partial charge is 0.349 e.